The van der Waals surface area contributed by atoms with Gasteiger partial charge in [0.1, 0.15) is 0 Å². The molecule has 1 N–H and O–H groups in total. The molecule has 0 aromatic rings. The molecular weight excluding hydrogens is 246 g/mol. The largest absolute Gasteiger partial charge is 0.479 e. The predicted octanol–water partition coefficient (Wildman–Crippen LogP) is 1.76. The third-order valence-corrected chi connectivity index (χ3v) is 3.57. The molecule has 0 aromatic carbocycles. The fourth-order valence-electron chi connectivity index (χ4n) is 2.56. The van der Waals surface area contributed by atoms with Crippen LogP contribution in [-0.2, 0) is 14.3 Å². The summed E-state index contributed by atoms with van der Waals surface area (Å²) in [5.74, 6) is -0.683. The number of hydrogen-bond acceptors (Lipinski definition) is 3. The van der Waals surface area contributed by atoms with Crippen molar-refractivity contribution in [3.05, 3.63) is 0 Å². The van der Waals surface area contributed by atoms with Gasteiger partial charge in [-0.05, 0) is 19.3 Å². The van der Waals surface area contributed by atoms with Gasteiger partial charge in [0.2, 0.25) is 5.91 Å². The predicted molar refractivity (Wildman–Crippen MR) is 71.8 cm³/mol. The molecule has 1 saturated heterocycles. The molecule has 110 valence electrons. The van der Waals surface area contributed by atoms with Crippen molar-refractivity contribution >= 4 is 11.9 Å². The van der Waals surface area contributed by atoms with Gasteiger partial charge < -0.3 is 14.7 Å². The number of nitrogens with zero attached hydrogens (tertiary/aromatic N) is 1. The van der Waals surface area contributed by atoms with Crippen molar-refractivity contribution in [2.45, 2.75) is 52.7 Å². The maximum atomic E-state index is 12.5. The SMILES string of the molecule is CCCC(C(=O)N1CC(C(=O)O)O[C@H](C)C1)C(C)C. The Balaban J connectivity index is 2.76. The zero-order valence-corrected chi connectivity index (χ0v) is 12.3. The molecule has 2 unspecified atom stereocenters. The average molecular weight is 271 g/mol. The van der Waals surface area contributed by atoms with Crippen molar-refractivity contribution in [3.8, 4) is 0 Å². The summed E-state index contributed by atoms with van der Waals surface area (Å²) in [5.41, 5.74) is 0. The average Bonchev–Trinajstić information content (AvgIpc) is 2.33. The number of aliphatic carboxylic acids is 1. The molecule has 5 heteroatoms. The zero-order chi connectivity index (χ0) is 14.6. The van der Waals surface area contributed by atoms with Crippen molar-refractivity contribution in [2.24, 2.45) is 11.8 Å². The van der Waals surface area contributed by atoms with Crippen LogP contribution in [-0.4, -0.2) is 47.2 Å². The van der Waals surface area contributed by atoms with E-state index in [1.54, 1.807) is 11.8 Å². The van der Waals surface area contributed by atoms with E-state index in [4.69, 9.17) is 9.84 Å². The number of hydrogen-bond donors (Lipinski definition) is 1. The fourth-order valence-corrected chi connectivity index (χ4v) is 2.56. The number of ether oxygens (including phenoxy) is 1. The number of amides is 1. The smallest absolute Gasteiger partial charge is 0.334 e. The van der Waals surface area contributed by atoms with Gasteiger partial charge >= 0.3 is 5.97 Å². The highest BCUT2D eigenvalue weighted by molar-refractivity contribution is 5.81. The molecule has 1 fully saturated rings. The summed E-state index contributed by atoms with van der Waals surface area (Å²) < 4.78 is 5.33. The summed E-state index contributed by atoms with van der Waals surface area (Å²) in [6.07, 6.45) is 0.673. The van der Waals surface area contributed by atoms with Gasteiger partial charge in [-0.3, -0.25) is 4.79 Å². The van der Waals surface area contributed by atoms with Gasteiger partial charge in [-0.2, -0.15) is 0 Å². The van der Waals surface area contributed by atoms with Gasteiger partial charge in [0, 0.05) is 12.5 Å². The molecule has 0 spiro atoms. The zero-order valence-electron chi connectivity index (χ0n) is 12.3. The third-order valence-electron chi connectivity index (χ3n) is 3.57. The van der Waals surface area contributed by atoms with Crippen LogP contribution in [0.15, 0.2) is 0 Å². The Morgan fingerprint density at radius 1 is 1.37 bits per heavy atom. The van der Waals surface area contributed by atoms with E-state index in [1.165, 1.54) is 0 Å². The minimum Gasteiger partial charge on any atom is -0.479 e. The van der Waals surface area contributed by atoms with E-state index < -0.39 is 12.1 Å². The topological polar surface area (TPSA) is 66.8 Å². The number of morpholine rings is 1. The molecule has 19 heavy (non-hydrogen) atoms. The molecule has 3 atom stereocenters. The summed E-state index contributed by atoms with van der Waals surface area (Å²) in [6.45, 7) is 8.58. The van der Waals surface area contributed by atoms with E-state index in [0.29, 0.717) is 6.54 Å². The third kappa shape index (κ3) is 4.20. The van der Waals surface area contributed by atoms with Crippen molar-refractivity contribution in [3.63, 3.8) is 0 Å². The number of carbonyl (C=O) groups is 2. The quantitative estimate of drug-likeness (QED) is 0.827. The molecule has 1 aliphatic heterocycles. The minimum absolute atomic E-state index is 0.0234. The molecule has 1 amide bonds. The van der Waals surface area contributed by atoms with Crippen LogP contribution in [0.2, 0.25) is 0 Å². The van der Waals surface area contributed by atoms with Crippen LogP contribution in [0.25, 0.3) is 0 Å². The monoisotopic (exact) mass is 271 g/mol. The Hall–Kier alpha value is -1.10. The van der Waals surface area contributed by atoms with Crippen molar-refractivity contribution < 1.29 is 19.4 Å². The van der Waals surface area contributed by atoms with E-state index in [-0.39, 0.29) is 30.4 Å². The van der Waals surface area contributed by atoms with Crippen LogP contribution in [0.5, 0.6) is 0 Å². The highest BCUT2D eigenvalue weighted by Gasteiger charge is 2.35. The Morgan fingerprint density at radius 3 is 2.47 bits per heavy atom. The van der Waals surface area contributed by atoms with Gasteiger partial charge in [-0.15, -0.1) is 0 Å². The Bertz CT molecular complexity index is 329. The highest BCUT2D eigenvalue weighted by Crippen LogP contribution is 2.22. The molecule has 1 rings (SSSR count). The Kier molecular flexibility index (Phi) is 5.79. The molecule has 5 nitrogen and oxygen atoms in total. The summed E-state index contributed by atoms with van der Waals surface area (Å²) in [4.78, 5) is 25.2. The van der Waals surface area contributed by atoms with Crippen LogP contribution in [0, 0.1) is 11.8 Å². The summed E-state index contributed by atoms with van der Waals surface area (Å²) in [5, 5.41) is 9.04. The van der Waals surface area contributed by atoms with E-state index in [2.05, 4.69) is 6.92 Å². The molecule has 0 radical (unpaired) electrons. The van der Waals surface area contributed by atoms with Crippen LogP contribution >= 0.6 is 0 Å². The molecule has 0 aromatic heterocycles. The number of carbonyl (C=O) groups excluding carboxylic acids is 1. The van der Waals surface area contributed by atoms with Crippen molar-refractivity contribution in [1.82, 2.24) is 4.90 Å². The van der Waals surface area contributed by atoms with Gasteiger partial charge in [0.25, 0.3) is 0 Å². The maximum absolute atomic E-state index is 12.5. The number of carboxylic acid groups (broad SMARTS) is 1. The van der Waals surface area contributed by atoms with E-state index in [1.807, 2.05) is 13.8 Å². The van der Waals surface area contributed by atoms with Gasteiger partial charge in [-0.1, -0.05) is 27.2 Å². The normalized spacial score (nSPS) is 25.4. The first-order chi connectivity index (χ1) is 8.86. The standard InChI is InChI=1S/C14H25NO4/c1-5-6-11(9(2)3)13(16)15-7-10(4)19-12(8-15)14(17)18/h9-12H,5-8H2,1-4H3,(H,17,18)/t10-,11?,12?/m1/s1. The lowest BCUT2D eigenvalue weighted by atomic mass is 9.89. The first kappa shape index (κ1) is 16.0. The van der Waals surface area contributed by atoms with E-state index in [9.17, 15) is 9.59 Å². The minimum atomic E-state index is -0.999. The lowest BCUT2D eigenvalue weighted by Gasteiger charge is -2.37. The first-order valence-electron chi connectivity index (χ1n) is 7.03. The fraction of sp³-hybridized carbons (Fsp3) is 0.857. The second-order valence-corrected chi connectivity index (χ2v) is 5.66. The molecule has 0 aliphatic carbocycles. The molecule has 1 heterocycles. The van der Waals surface area contributed by atoms with Gasteiger partial charge in [0.15, 0.2) is 6.10 Å². The van der Waals surface area contributed by atoms with Crippen LogP contribution < -0.4 is 0 Å². The Morgan fingerprint density at radius 2 is 2.00 bits per heavy atom. The van der Waals surface area contributed by atoms with E-state index >= 15 is 0 Å². The van der Waals surface area contributed by atoms with Crippen LogP contribution in [0.3, 0.4) is 0 Å². The maximum Gasteiger partial charge on any atom is 0.334 e. The summed E-state index contributed by atoms with van der Waals surface area (Å²) >= 11 is 0. The lowest BCUT2D eigenvalue weighted by molar-refractivity contribution is -0.168. The molecule has 1 aliphatic rings. The van der Waals surface area contributed by atoms with Crippen LogP contribution in [0.4, 0.5) is 0 Å². The lowest BCUT2D eigenvalue weighted by Crippen LogP contribution is -2.53. The number of rotatable bonds is 5. The number of carboxylic acids is 1. The first-order valence-corrected chi connectivity index (χ1v) is 7.03. The van der Waals surface area contributed by atoms with Crippen LogP contribution in [0.1, 0.15) is 40.5 Å². The highest BCUT2D eigenvalue weighted by atomic mass is 16.5. The second-order valence-electron chi connectivity index (χ2n) is 5.66. The van der Waals surface area contributed by atoms with Crippen molar-refractivity contribution in [2.75, 3.05) is 13.1 Å². The van der Waals surface area contributed by atoms with E-state index in [0.717, 1.165) is 12.8 Å². The Labute approximate surface area is 114 Å². The molecule has 0 saturated carbocycles. The van der Waals surface area contributed by atoms with Gasteiger partial charge in [-0.25, -0.2) is 4.79 Å². The second kappa shape index (κ2) is 6.89. The van der Waals surface area contributed by atoms with Crippen molar-refractivity contribution in [1.29, 1.82) is 0 Å². The van der Waals surface area contributed by atoms with Gasteiger partial charge in [0.05, 0.1) is 12.6 Å². The molecule has 0 bridgehead atoms. The summed E-state index contributed by atoms with van der Waals surface area (Å²) in [6, 6.07) is 0. The summed E-state index contributed by atoms with van der Waals surface area (Å²) in [7, 11) is 0. The molecular formula is C14H25NO4.